The van der Waals surface area contributed by atoms with Crippen molar-refractivity contribution in [3.05, 3.63) is 0 Å². The summed E-state index contributed by atoms with van der Waals surface area (Å²) in [6.45, 7) is 6.99. The Bertz CT molecular complexity index is 209. The lowest BCUT2D eigenvalue weighted by Crippen LogP contribution is -2.48. The summed E-state index contributed by atoms with van der Waals surface area (Å²) in [6, 6.07) is -0.247. The number of halogens is 3. The van der Waals surface area contributed by atoms with E-state index in [-0.39, 0.29) is 18.3 Å². The summed E-state index contributed by atoms with van der Waals surface area (Å²) in [6.07, 6.45) is -5.63. The second-order valence-electron chi connectivity index (χ2n) is 4.34. The van der Waals surface area contributed by atoms with Crippen LogP contribution in [0.4, 0.5) is 13.2 Å². The van der Waals surface area contributed by atoms with Crippen molar-refractivity contribution < 1.29 is 26.4 Å². The second-order valence-corrected chi connectivity index (χ2v) is 7.08. The number of rotatable bonds is 7. The Hall–Kier alpha value is -0.113. The predicted octanol–water partition coefficient (Wildman–Crippen LogP) is 3.37. The molecule has 0 aliphatic heterocycles. The van der Waals surface area contributed by atoms with E-state index < -0.39 is 21.4 Å². The van der Waals surface area contributed by atoms with Crippen LogP contribution >= 0.6 is 0 Å². The fraction of sp³-hybridized carbons (Fsp3) is 1.00. The van der Waals surface area contributed by atoms with Gasteiger partial charge in [0.15, 0.2) is 0 Å². The molecule has 104 valence electrons. The molecule has 17 heavy (non-hydrogen) atoms. The highest BCUT2D eigenvalue weighted by Crippen LogP contribution is 2.29. The van der Waals surface area contributed by atoms with Gasteiger partial charge < -0.3 is 13.3 Å². The molecule has 0 radical (unpaired) electrons. The molecule has 0 fully saturated rings. The summed E-state index contributed by atoms with van der Waals surface area (Å²) >= 11 is 0. The highest BCUT2D eigenvalue weighted by atomic mass is 28.4. The van der Waals surface area contributed by atoms with Gasteiger partial charge in [0.25, 0.3) is 0 Å². The third kappa shape index (κ3) is 7.75. The van der Waals surface area contributed by atoms with E-state index in [1.54, 1.807) is 27.7 Å². The van der Waals surface area contributed by atoms with E-state index in [0.717, 1.165) is 0 Å². The standard InChI is InChI=1S/C10H21F3O3Si/c1-8(2)15-17(14-5,16-9(3)4)7-6-10(11,12)13/h8-9H,6-7H2,1-5H3. The summed E-state index contributed by atoms with van der Waals surface area (Å²) in [5.41, 5.74) is 0. The maximum absolute atomic E-state index is 12.3. The van der Waals surface area contributed by atoms with E-state index in [9.17, 15) is 13.2 Å². The van der Waals surface area contributed by atoms with Crippen molar-refractivity contribution in [2.24, 2.45) is 0 Å². The van der Waals surface area contributed by atoms with Crippen LogP contribution in [-0.2, 0) is 13.3 Å². The summed E-state index contributed by atoms with van der Waals surface area (Å²) in [5.74, 6) is 0. The molecule has 3 nitrogen and oxygen atoms in total. The van der Waals surface area contributed by atoms with Crippen molar-refractivity contribution in [3.63, 3.8) is 0 Å². The van der Waals surface area contributed by atoms with Gasteiger partial charge in [-0.3, -0.25) is 0 Å². The van der Waals surface area contributed by atoms with Crippen LogP contribution in [-0.4, -0.2) is 34.3 Å². The molecule has 0 N–H and O–H groups in total. The maximum atomic E-state index is 12.3. The maximum Gasteiger partial charge on any atom is 0.501 e. The molecule has 0 atom stereocenters. The fourth-order valence-corrected chi connectivity index (χ4v) is 4.07. The smallest absolute Gasteiger partial charge is 0.377 e. The van der Waals surface area contributed by atoms with E-state index in [2.05, 4.69) is 0 Å². The van der Waals surface area contributed by atoms with Gasteiger partial charge in [-0.05, 0) is 27.7 Å². The van der Waals surface area contributed by atoms with Crippen LogP contribution in [0.5, 0.6) is 0 Å². The molecule has 0 spiro atoms. The summed E-state index contributed by atoms with van der Waals surface area (Å²) in [4.78, 5) is 0. The van der Waals surface area contributed by atoms with Crippen molar-refractivity contribution in [1.29, 1.82) is 0 Å². The fourth-order valence-electron chi connectivity index (χ4n) is 1.36. The zero-order chi connectivity index (χ0) is 13.7. The lowest BCUT2D eigenvalue weighted by molar-refractivity contribution is -0.133. The molecular weight excluding hydrogens is 253 g/mol. The highest BCUT2D eigenvalue weighted by Gasteiger charge is 2.45. The molecule has 0 aromatic heterocycles. The lowest BCUT2D eigenvalue weighted by atomic mass is 10.5. The minimum Gasteiger partial charge on any atom is -0.377 e. The molecule has 0 aliphatic rings. The van der Waals surface area contributed by atoms with Gasteiger partial charge in [-0.1, -0.05) is 0 Å². The summed E-state index contributed by atoms with van der Waals surface area (Å²) < 4.78 is 52.9. The second kappa shape index (κ2) is 6.72. The Labute approximate surface area is 102 Å². The first-order chi connectivity index (χ1) is 7.60. The number of alkyl halides is 3. The normalized spacial score (nSPS) is 13.8. The summed E-state index contributed by atoms with van der Waals surface area (Å²) in [7, 11) is -1.88. The monoisotopic (exact) mass is 274 g/mol. The van der Waals surface area contributed by atoms with Gasteiger partial charge in [0.1, 0.15) is 0 Å². The van der Waals surface area contributed by atoms with Crippen molar-refractivity contribution in [3.8, 4) is 0 Å². The van der Waals surface area contributed by atoms with Crippen molar-refractivity contribution in [2.45, 2.75) is 58.5 Å². The first-order valence-corrected chi connectivity index (χ1v) is 7.51. The third-order valence-corrected chi connectivity index (χ3v) is 5.00. The molecule has 7 heteroatoms. The Kier molecular flexibility index (Phi) is 6.68. The van der Waals surface area contributed by atoms with Crippen LogP contribution in [0.25, 0.3) is 0 Å². The Balaban J connectivity index is 4.66. The molecule has 0 saturated carbocycles. The van der Waals surface area contributed by atoms with Gasteiger partial charge in [0.2, 0.25) is 0 Å². The van der Waals surface area contributed by atoms with Crippen LogP contribution in [0.15, 0.2) is 0 Å². The molecule has 0 unspecified atom stereocenters. The van der Waals surface area contributed by atoms with E-state index >= 15 is 0 Å². The van der Waals surface area contributed by atoms with Crippen molar-refractivity contribution >= 4 is 8.80 Å². The van der Waals surface area contributed by atoms with Gasteiger partial charge in [-0.2, -0.15) is 13.2 Å². The molecule has 0 aliphatic carbocycles. The van der Waals surface area contributed by atoms with E-state index in [1.807, 2.05) is 0 Å². The van der Waals surface area contributed by atoms with Crippen LogP contribution in [0.2, 0.25) is 6.04 Å². The van der Waals surface area contributed by atoms with Crippen LogP contribution in [0.3, 0.4) is 0 Å². The number of hydrogen-bond donors (Lipinski definition) is 0. The van der Waals surface area contributed by atoms with Gasteiger partial charge in [-0.15, -0.1) is 0 Å². The molecule has 0 amide bonds. The molecule has 0 rings (SSSR count). The minimum absolute atomic E-state index is 0.228. The highest BCUT2D eigenvalue weighted by molar-refractivity contribution is 6.60. The molecule has 0 saturated heterocycles. The average Bonchev–Trinajstić information content (AvgIpc) is 2.11. The van der Waals surface area contributed by atoms with Crippen molar-refractivity contribution in [1.82, 2.24) is 0 Å². The Morgan fingerprint density at radius 3 is 1.65 bits per heavy atom. The van der Waals surface area contributed by atoms with Crippen LogP contribution < -0.4 is 0 Å². The Morgan fingerprint density at radius 2 is 1.41 bits per heavy atom. The van der Waals surface area contributed by atoms with Crippen molar-refractivity contribution in [2.75, 3.05) is 7.11 Å². The van der Waals surface area contributed by atoms with E-state index in [1.165, 1.54) is 7.11 Å². The molecule has 0 heterocycles. The molecular formula is C10H21F3O3Si. The zero-order valence-corrected chi connectivity index (χ0v) is 11.9. The third-order valence-electron chi connectivity index (χ3n) is 1.86. The molecule has 0 aromatic rings. The zero-order valence-electron chi connectivity index (χ0n) is 10.9. The van der Waals surface area contributed by atoms with Gasteiger partial charge in [-0.25, -0.2) is 0 Å². The topological polar surface area (TPSA) is 27.7 Å². The van der Waals surface area contributed by atoms with Crippen LogP contribution in [0, 0.1) is 0 Å². The Morgan fingerprint density at radius 1 is 1.00 bits per heavy atom. The first kappa shape index (κ1) is 16.9. The minimum atomic E-state index is -4.22. The predicted molar refractivity (Wildman–Crippen MR) is 60.7 cm³/mol. The quantitative estimate of drug-likeness (QED) is 0.666. The van der Waals surface area contributed by atoms with E-state index in [4.69, 9.17) is 13.3 Å². The SMILES string of the molecule is CO[Si](CCC(F)(F)F)(OC(C)C)OC(C)C. The summed E-state index contributed by atoms with van der Waals surface area (Å²) in [5, 5.41) is 0. The van der Waals surface area contributed by atoms with E-state index in [0.29, 0.717) is 0 Å². The van der Waals surface area contributed by atoms with Gasteiger partial charge in [0, 0.05) is 31.8 Å². The first-order valence-electron chi connectivity index (χ1n) is 5.58. The molecule has 0 aromatic carbocycles. The average molecular weight is 274 g/mol. The molecule has 0 bridgehead atoms. The number of hydrogen-bond acceptors (Lipinski definition) is 3. The van der Waals surface area contributed by atoms with Gasteiger partial charge >= 0.3 is 15.0 Å². The largest absolute Gasteiger partial charge is 0.501 e. The van der Waals surface area contributed by atoms with Crippen LogP contribution in [0.1, 0.15) is 34.1 Å². The van der Waals surface area contributed by atoms with Gasteiger partial charge in [0.05, 0.1) is 0 Å². The lowest BCUT2D eigenvalue weighted by Gasteiger charge is -2.31.